The van der Waals surface area contributed by atoms with Crippen molar-refractivity contribution in [2.24, 2.45) is 5.41 Å². The van der Waals surface area contributed by atoms with Crippen LogP contribution in [0.5, 0.6) is 5.75 Å². The van der Waals surface area contributed by atoms with E-state index < -0.39 is 0 Å². The lowest BCUT2D eigenvalue weighted by Crippen LogP contribution is -2.44. The molecule has 0 saturated carbocycles. The zero-order chi connectivity index (χ0) is 18.9. The Hall–Kier alpha value is -1.63. The van der Waals surface area contributed by atoms with E-state index in [0.29, 0.717) is 5.56 Å². The monoisotopic (exact) mass is 374 g/mol. The summed E-state index contributed by atoms with van der Waals surface area (Å²) < 4.78 is 6.13. The number of phenolic OH excluding ortho intramolecular Hbond substituents is 1. The van der Waals surface area contributed by atoms with Crippen molar-refractivity contribution in [2.45, 2.75) is 44.3 Å². The van der Waals surface area contributed by atoms with Crippen molar-refractivity contribution < 1.29 is 19.7 Å². The molecule has 2 N–H and O–H groups in total. The van der Waals surface area contributed by atoms with E-state index in [1.165, 1.54) is 0 Å². The van der Waals surface area contributed by atoms with Crippen molar-refractivity contribution in [1.82, 2.24) is 9.80 Å². The molecule has 0 bridgehead atoms. The normalized spacial score (nSPS) is 26.6. The highest BCUT2D eigenvalue weighted by atomic mass is 16.5. The molecular formula is C21H30N2O4. The number of aliphatic hydroxyl groups excluding tert-OH is 1. The molecule has 1 unspecified atom stereocenters. The van der Waals surface area contributed by atoms with E-state index in [1.807, 2.05) is 4.90 Å². The summed E-state index contributed by atoms with van der Waals surface area (Å²) in [6.07, 6.45) is 4.94. The summed E-state index contributed by atoms with van der Waals surface area (Å²) in [5, 5.41) is 19.0. The molecular weight excluding hydrogens is 344 g/mol. The zero-order valence-corrected chi connectivity index (χ0v) is 15.8. The lowest BCUT2D eigenvalue weighted by molar-refractivity contribution is 0.0302. The molecule has 1 aromatic rings. The second-order valence-electron chi connectivity index (χ2n) is 8.51. The maximum atomic E-state index is 12.7. The van der Waals surface area contributed by atoms with Crippen LogP contribution in [0.1, 0.15) is 42.5 Å². The molecule has 148 valence electrons. The Bertz CT molecular complexity index is 647. The third-order valence-electron chi connectivity index (χ3n) is 6.53. The second kappa shape index (κ2) is 7.78. The Balaban J connectivity index is 1.27. The fourth-order valence-corrected chi connectivity index (χ4v) is 4.72. The number of aromatic hydroxyl groups is 1. The van der Waals surface area contributed by atoms with Crippen LogP contribution in [0, 0.1) is 5.41 Å². The van der Waals surface area contributed by atoms with Crippen LogP contribution in [0.3, 0.4) is 0 Å². The number of carbonyl (C=O) groups is 1. The minimum absolute atomic E-state index is 0.0483. The lowest BCUT2D eigenvalue weighted by Gasteiger charge is -2.38. The van der Waals surface area contributed by atoms with Crippen LogP contribution in [-0.4, -0.2) is 77.5 Å². The molecule has 6 heteroatoms. The number of benzene rings is 1. The van der Waals surface area contributed by atoms with Gasteiger partial charge in [-0.1, -0.05) is 0 Å². The minimum Gasteiger partial charge on any atom is -0.508 e. The first kappa shape index (κ1) is 18.7. The first-order valence-corrected chi connectivity index (χ1v) is 10.1. The Kier molecular flexibility index (Phi) is 5.39. The van der Waals surface area contributed by atoms with Gasteiger partial charge in [0.05, 0.1) is 18.8 Å². The number of carbonyl (C=O) groups excluding carboxylic acids is 1. The number of likely N-dealkylation sites (tertiary alicyclic amines) is 2. The average molecular weight is 374 g/mol. The Labute approximate surface area is 160 Å². The summed E-state index contributed by atoms with van der Waals surface area (Å²) in [5.74, 6) is 0.230. The number of hydrogen-bond acceptors (Lipinski definition) is 5. The molecule has 3 saturated heterocycles. The largest absolute Gasteiger partial charge is 0.508 e. The fraction of sp³-hybridized carbons (Fsp3) is 0.667. The number of rotatable bonds is 3. The van der Waals surface area contributed by atoms with Gasteiger partial charge in [-0.05, 0) is 61.8 Å². The highest BCUT2D eigenvalue weighted by Gasteiger charge is 2.43. The standard InChI is InChI=1S/C21H30N2O4/c24-17-3-1-16(2-4-17)20(26)23-11-7-21(8-12-23)13-19(27-15-21)14-22-9-5-18(25)6-10-22/h1-4,18-19,24-25H,5-15H2. The topological polar surface area (TPSA) is 73.2 Å². The molecule has 3 fully saturated rings. The van der Waals surface area contributed by atoms with Crippen molar-refractivity contribution in [3.8, 4) is 5.75 Å². The first-order valence-electron chi connectivity index (χ1n) is 10.1. The molecule has 1 atom stereocenters. The Morgan fingerprint density at radius 2 is 1.78 bits per heavy atom. The molecule has 3 heterocycles. The van der Waals surface area contributed by atoms with Crippen molar-refractivity contribution in [1.29, 1.82) is 0 Å². The van der Waals surface area contributed by atoms with Crippen LogP contribution in [0.2, 0.25) is 0 Å². The number of hydrogen-bond donors (Lipinski definition) is 2. The van der Waals surface area contributed by atoms with Gasteiger partial charge >= 0.3 is 0 Å². The predicted octanol–water partition coefficient (Wildman–Crippen LogP) is 1.86. The Morgan fingerprint density at radius 1 is 1.11 bits per heavy atom. The molecule has 1 aromatic carbocycles. The van der Waals surface area contributed by atoms with Crippen molar-refractivity contribution in [3.05, 3.63) is 29.8 Å². The molecule has 1 spiro atoms. The third-order valence-corrected chi connectivity index (χ3v) is 6.53. The predicted molar refractivity (Wildman–Crippen MR) is 102 cm³/mol. The molecule has 0 aromatic heterocycles. The van der Waals surface area contributed by atoms with Crippen LogP contribution in [0.25, 0.3) is 0 Å². The van der Waals surface area contributed by atoms with E-state index >= 15 is 0 Å². The zero-order valence-electron chi connectivity index (χ0n) is 15.8. The number of aliphatic hydroxyl groups is 1. The van der Waals surface area contributed by atoms with E-state index in [0.717, 1.165) is 71.4 Å². The molecule has 27 heavy (non-hydrogen) atoms. The average Bonchev–Trinajstić information content (AvgIpc) is 3.06. The fourth-order valence-electron chi connectivity index (χ4n) is 4.72. The van der Waals surface area contributed by atoms with Gasteiger partial charge in [-0.15, -0.1) is 0 Å². The van der Waals surface area contributed by atoms with Gasteiger partial charge < -0.3 is 24.7 Å². The van der Waals surface area contributed by atoms with Crippen LogP contribution >= 0.6 is 0 Å². The highest BCUT2D eigenvalue weighted by molar-refractivity contribution is 5.94. The van der Waals surface area contributed by atoms with Crippen molar-refractivity contribution in [2.75, 3.05) is 39.3 Å². The van der Waals surface area contributed by atoms with E-state index in [-0.39, 0.29) is 29.3 Å². The molecule has 1 amide bonds. The highest BCUT2D eigenvalue weighted by Crippen LogP contribution is 2.42. The number of phenols is 1. The molecule has 6 nitrogen and oxygen atoms in total. The summed E-state index contributed by atoms with van der Waals surface area (Å²) in [7, 11) is 0. The van der Waals surface area contributed by atoms with Gasteiger partial charge in [0, 0.05) is 38.3 Å². The van der Waals surface area contributed by atoms with E-state index in [2.05, 4.69) is 4.90 Å². The van der Waals surface area contributed by atoms with Gasteiger partial charge in [0.25, 0.3) is 5.91 Å². The van der Waals surface area contributed by atoms with Crippen LogP contribution in [0.15, 0.2) is 24.3 Å². The van der Waals surface area contributed by atoms with Gasteiger partial charge in [0.1, 0.15) is 5.75 Å². The molecule has 3 aliphatic heterocycles. The van der Waals surface area contributed by atoms with Crippen LogP contribution in [-0.2, 0) is 4.74 Å². The van der Waals surface area contributed by atoms with Crippen molar-refractivity contribution in [3.63, 3.8) is 0 Å². The third kappa shape index (κ3) is 4.28. The van der Waals surface area contributed by atoms with Gasteiger partial charge in [0.2, 0.25) is 0 Å². The van der Waals surface area contributed by atoms with Crippen LogP contribution < -0.4 is 0 Å². The molecule has 4 rings (SSSR count). The smallest absolute Gasteiger partial charge is 0.253 e. The lowest BCUT2D eigenvalue weighted by atomic mass is 9.76. The van der Waals surface area contributed by atoms with Gasteiger partial charge in [-0.3, -0.25) is 4.79 Å². The van der Waals surface area contributed by atoms with Crippen LogP contribution in [0.4, 0.5) is 0 Å². The molecule has 3 aliphatic rings. The first-order chi connectivity index (χ1) is 13.0. The SMILES string of the molecule is O=C(c1ccc(O)cc1)N1CCC2(CC1)COC(CN1CCC(O)CC1)C2. The summed E-state index contributed by atoms with van der Waals surface area (Å²) in [4.78, 5) is 17.0. The Morgan fingerprint density at radius 3 is 2.44 bits per heavy atom. The summed E-state index contributed by atoms with van der Waals surface area (Å²) >= 11 is 0. The number of amides is 1. The summed E-state index contributed by atoms with van der Waals surface area (Å²) in [5.41, 5.74) is 0.850. The van der Waals surface area contributed by atoms with Crippen molar-refractivity contribution >= 4 is 5.91 Å². The molecule has 0 radical (unpaired) electrons. The maximum Gasteiger partial charge on any atom is 0.253 e. The summed E-state index contributed by atoms with van der Waals surface area (Å²) in [6.45, 7) is 5.23. The van der Waals surface area contributed by atoms with Gasteiger partial charge in [0.15, 0.2) is 0 Å². The van der Waals surface area contributed by atoms with E-state index in [1.54, 1.807) is 24.3 Å². The number of piperidine rings is 2. The number of nitrogens with zero attached hydrogens (tertiary/aromatic N) is 2. The quantitative estimate of drug-likeness (QED) is 0.845. The number of ether oxygens (including phenoxy) is 1. The van der Waals surface area contributed by atoms with E-state index in [4.69, 9.17) is 4.74 Å². The minimum atomic E-state index is -0.132. The van der Waals surface area contributed by atoms with Gasteiger partial charge in [-0.25, -0.2) is 0 Å². The second-order valence-corrected chi connectivity index (χ2v) is 8.51. The van der Waals surface area contributed by atoms with E-state index in [9.17, 15) is 15.0 Å². The summed E-state index contributed by atoms with van der Waals surface area (Å²) in [6, 6.07) is 6.50. The van der Waals surface area contributed by atoms with Gasteiger partial charge in [-0.2, -0.15) is 0 Å². The molecule has 0 aliphatic carbocycles. The maximum absolute atomic E-state index is 12.7.